The van der Waals surface area contributed by atoms with Gasteiger partial charge >= 0.3 is 0 Å². The Bertz CT molecular complexity index is 322. The van der Waals surface area contributed by atoms with E-state index in [-0.39, 0.29) is 5.54 Å². The van der Waals surface area contributed by atoms with E-state index in [1.807, 2.05) is 0 Å². The average Bonchev–Trinajstić information content (AvgIpc) is 2.85. The highest BCUT2D eigenvalue weighted by atomic mass is 16.5. The first-order valence-electron chi connectivity index (χ1n) is 7.63. The van der Waals surface area contributed by atoms with Gasteiger partial charge in [-0.15, -0.1) is 0 Å². The molecular weight excluding hydrogens is 238 g/mol. The predicted molar refractivity (Wildman–Crippen MR) is 75.8 cm³/mol. The molecule has 0 spiro atoms. The zero-order valence-electron chi connectivity index (χ0n) is 12.3. The Hall–Kier alpha value is -0.630. The normalized spacial score (nSPS) is 35.5. The van der Waals surface area contributed by atoms with Crippen LogP contribution in [0.1, 0.15) is 39.0 Å². The zero-order chi connectivity index (χ0) is 13.7. The molecule has 3 atom stereocenters. The van der Waals surface area contributed by atoms with Gasteiger partial charge in [0.15, 0.2) is 0 Å². The minimum Gasteiger partial charge on any atom is -0.381 e. The lowest BCUT2D eigenvalue weighted by atomic mass is 9.98. The molecule has 19 heavy (non-hydrogen) atoms. The molecule has 0 aromatic heterocycles. The summed E-state index contributed by atoms with van der Waals surface area (Å²) in [5.41, 5.74) is -0.281. The quantitative estimate of drug-likeness (QED) is 0.823. The number of ether oxygens (including phenoxy) is 1. The second kappa shape index (κ2) is 6.69. The van der Waals surface area contributed by atoms with Crippen molar-refractivity contribution in [3.63, 3.8) is 0 Å². The van der Waals surface area contributed by atoms with E-state index in [0.717, 1.165) is 45.6 Å². The Labute approximate surface area is 117 Å². The van der Waals surface area contributed by atoms with Gasteiger partial charge in [-0.1, -0.05) is 6.92 Å². The highest BCUT2D eigenvalue weighted by Gasteiger charge is 2.40. The molecule has 1 heterocycles. The lowest BCUT2D eigenvalue weighted by Crippen LogP contribution is -2.44. The molecule has 1 aliphatic heterocycles. The summed E-state index contributed by atoms with van der Waals surface area (Å²) in [5, 5.41) is 12.8. The monoisotopic (exact) mass is 265 g/mol. The van der Waals surface area contributed by atoms with Crippen molar-refractivity contribution in [3.8, 4) is 6.07 Å². The molecule has 1 aliphatic carbocycles. The molecule has 3 unspecified atom stereocenters. The summed E-state index contributed by atoms with van der Waals surface area (Å²) in [6.07, 6.45) is 5.55. The third-order valence-corrected chi connectivity index (χ3v) is 4.64. The number of nitrogens with one attached hydrogen (secondary N) is 1. The number of rotatable bonds is 5. The van der Waals surface area contributed by atoms with Crippen molar-refractivity contribution in [2.24, 2.45) is 5.92 Å². The van der Waals surface area contributed by atoms with E-state index >= 15 is 0 Å². The van der Waals surface area contributed by atoms with E-state index in [1.165, 1.54) is 12.8 Å². The first-order valence-corrected chi connectivity index (χ1v) is 7.63. The standard InChI is InChI=1S/C15H27N3O/c1-3-17-15(12-16)7-6-14(9-15)18(2)10-13-5-4-8-19-11-13/h13-14,17H,3-11H2,1-2H3. The maximum atomic E-state index is 9.42. The van der Waals surface area contributed by atoms with Crippen LogP contribution in [0.5, 0.6) is 0 Å². The maximum Gasteiger partial charge on any atom is 0.108 e. The Morgan fingerprint density at radius 3 is 2.95 bits per heavy atom. The SMILES string of the molecule is CCNC1(C#N)CCC(N(C)CC2CCCOC2)C1. The Morgan fingerprint density at radius 2 is 2.32 bits per heavy atom. The summed E-state index contributed by atoms with van der Waals surface area (Å²) >= 11 is 0. The Morgan fingerprint density at radius 1 is 1.47 bits per heavy atom. The minimum atomic E-state index is -0.281. The summed E-state index contributed by atoms with van der Waals surface area (Å²) in [4.78, 5) is 2.45. The van der Waals surface area contributed by atoms with Gasteiger partial charge in [0.05, 0.1) is 12.7 Å². The number of nitriles is 1. The second-order valence-electron chi connectivity index (χ2n) is 6.14. The molecule has 1 N–H and O–H groups in total. The van der Waals surface area contributed by atoms with Crippen LogP contribution in [0, 0.1) is 17.2 Å². The van der Waals surface area contributed by atoms with Crippen molar-refractivity contribution in [3.05, 3.63) is 0 Å². The number of hydrogen-bond donors (Lipinski definition) is 1. The summed E-state index contributed by atoms with van der Waals surface area (Å²) in [5.74, 6) is 0.676. The van der Waals surface area contributed by atoms with Crippen LogP contribution in [0.2, 0.25) is 0 Å². The van der Waals surface area contributed by atoms with Crippen LogP contribution >= 0.6 is 0 Å². The van der Waals surface area contributed by atoms with Gasteiger partial charge in [-0.05, 0) is 51.6 Å². The lowest BCUT2D eigenvalue weighted by molar-refractivity contribution is 0.0362. The Balaban J connectivity index is 1.83. The molecule has 1 saturated carbocycles. The molecule has 1 saturated heterocycles. The molecule has 4 nitrogen and oxygen atoms in total. The van der Waals surface area contributed by atoms with Crippen molar-refractivity contribution in [1.29, 1.82) is 5.26 Å². The van der Waals surface area contributed by atoms with Crippen LogP contribution in [0.25, 0.3) is 0 Å². The van der Waals surface area contributed by atoms with Gasteiger partial charge in [0.25, 0.3) is 0 Å². The fourth-order valence-electron chi connectivity index (χ4n) is 3.54. The Kier molecular flexibility index (Phi) is 5.20. The van der Waals surface area contributed by atoms with E-state index in [1.54, 1.807) is 0 Å². The fraction of sp³-hybridized carbons (Fsp3) is 0.933. The largest absolute Gasteiger partial charge is 0.381 e. The number of nitrogens with zero attached hydrogens (tertiary/aromatic N) is 2. The maximum absolute atomic E-state index is 9.42. The molecule has 2 fully saturated rings. The smallest absolute Gasteiger partial charge is 0.108 e. The van der Waals surface area contributed by atoms with Crippen LogP contribution in [-0.4, -0.2) is 49.8 Å². The third-order valence-electron chi connectivity index (χ3n) is 4.64. The van der Waals surface area contributed by atoms with Crippen LogP contribution in [-0.2, 0) is 4.74 Å². The molecule has 0 aromatic carbocycles. The molecule has 0 radical (unpaired) electrons. The van der Waals surface area contributed by atoms with Gasteiger partial charge in [-0.3, -0.25) is 5.32 Å². The van der Waals surface area contributed by atoms with Gasteiger partial charge in [-0.25, -0.2) is 0 Å². The van der Waals surface area contributed by atoms with Crippen LogP contribution in [0.4, 0.5) is 0 Å². The zero-order valence-corrected chi connectivity index (χ0v) is 12.3. The van der Waals surface area contributed by atoms with Gasteiger partial charge in [0, 0.05) is 19.2 Å². The lowest BCUT2D eigenvalue weighted by Gasteiger charge is -2.31. The molecule has 2 rings (SSSR count). The molecule has 4 heteroatoms. The molecule has 108 valence electrons. The topological polar surface area (TPSA) is 48.3 Å². The van der Waals surface area contributed by atoms with E-state index in [2.05, 4.69) is 30.3 Å². The molecule has 2 aliphatic rings. The summed E-state index contributed by atoms with van der Waals surface area (Å²) < 4.78 is 5.55. The van der Waals surface area contributed by atoms with Crippen molar-refractivity contribution in [2.45, 2.75) is 50.6 Å². The predicted octanol–water partition coefficient (Wildman–Crippen LogP) is 1.77. The molecule has 0 amide bonds. The van der Waals surface area contributed by atoms with E-state index in [0.29, 0.717) is 12.0 Å². The molecule has 0 aromatic rings. The highest BCUT2D eigenvalue weighted by molar-refractivity contribution is 5.13. The van der Waals surface area contributed by atoms with Crippen LogP contribution in [0.3, 0.4) is 0 Å². The van der Waals surface area contributed by atoms with E-state index < -0.39 is 0 Å². The second-order valence-corrected chi connectivity index (χ2v) is 6.14. The molecule has 0 bridgehead atoms. The highest BCUT2D eigenvalue weighted by Crippen LogP contribution is 2.32. The average molecular weight is 265 g/mol. The summed E-state index contributed by atoms with van der Waals surface area (Å²) in [6.45, 7) is 5.91. The molecular formula is C15H27N3O. The van der Waals surface area contributed by atoms with Crippen LogP contribution in [0.15, 0.2) is 0 Å². The summed E-state index contributed by atoms with van der Waals surface area (Å²) in [6, 6.07) is 3.05. The van der Waals surface area contributed by atoms with Gasteiger partial charge in [0.1, 0.15) is 5.54 Å². The first kappa shape index (κ1) is 14.8. The minimum absolute atomic E-state index is 0.281. The van der Waals surface area contributed by atoms with Gasteiger partial charge in [-0.2, -0.15) is 5.26 Å². The van der Waals surface area contributed by atoms with Gasteiger partial charge < -0.3 is 9.64 Å². The van der Waals surface area contributed by atoms with E-state index in [4.69, 9.17) is 4.74 Å². The van der Waals surface area contributed by atoms with Crippen molar-refractivity contribution in [1.82, 2.24) is 10.2 Å². The van der Waals surface area contributed by atoms with E-state index in [9.17, 15) is 5.26 Å². The third kappa shape index (κ3) is 3.68. The number of hydrogen-bond acceptors (Lipinski definition) is 4. The fourth-order valence-corrected chi connectivity index (χ4v) is 3.54. The summed E-state index contributed by atoms with van der Waals surface area (Å²) in [7, 11) is 2.21. The van der Waals surface area contributed by atoms with Crippen LogP contribution < -0.4 is 5.32 Å². The van der Waals surface area contributed by atoms with Crippen molar-refractivity contribution < 1.29 is 4.74 Å². The van der Waals surface area contributed by atoms with Crippen molar-refractivity contribution in [2.75, 3.05) is 33.4 Å². The first-order chi connectivity index (χ1) is 9.19. The van der Waals surface area contributed by atoms with Gasteiger partial charge in [0.2, 0.25) is 0 Å². The van der Waals surface area contributed by atoms with Crippen molar-refractivity contribution >= 4 is 0 Å².